The monoisotopic (exact) mass is 370 g/mol. The Labute approximate surface area is 161 Å². The second kappa shape index (κ2) is 6.65. The SMILES string of the molecule is COC(=O)[C@H]1CC[C@H]2[C@@H]3CCc4c(C)ccc(OC(C)=O)c4[C@H]3CC[C@]12C. The summed E-state index contributed by atoms with van der Waals surface area (Å²) in [7, 11) is 1.51. The Balaban J connectivity index is 1.72. The van der Waals surface area contributed by atoms with E-state index < -0.39 is 0 Å². The third-order valence-electron chi connectivity index (χ3n) is 7.83. The minimum atomic E-state index is -0.254. The van der Waals surface area contributed by atoms with Crippen LogP contribution in [-0.4, -0.2) is 19.0 Å². The molecule has 0 bridgehead atoms. The molecule has 0 N–H and O–H groups in total. The van der Waals surface area contributed by atoms with Crippen molar-refractivity contribution < 1.29 is 19.1 Å². The van der Waals surface area contributed by atoms with Gasteiger partial charge in [-0.15, -0.1) is 0 Å². The lowest BCUT2D eigenvalue weighted by Gasteiger charge is -2.50. The van der Waals surface area contributed by atoms with Crippen LogP contribution in [0, 0.1) is 30.1 Å². The van der Waals surface area contributed by atoms with Gasteiger partial charge in [0.1, 0.15) is 5.75 Å². The zero-order valence-electron chi connectivity index (χ0n) is 16.8. The molecule has 2 fully saturated rings. The predicted octanol–water partition coefficient (Wildman–Crippen LogP) is 4.57. The highest BCUT2D eigenvalue weighted by Gasteiger charge is 2.57. The molecule has 0 spiro atoms. The third-order valence-corrected chi connectivity index (χ3v) is 7.83. The van der Waals surface area contributed by atoms with Crippen LogP contribution in [-0.2, 0) is 20.7 Å². The lowest BCUT2D eigenvalue weighted by atomic mass is 9.54. The number of fused-ring (bicyclic) bond motifs is 5. The molecular weight excluding hydrogens is 340 g/mol. The van der Waals surface area contributed by atoms with Crippen molar-refractivity contribution in [3.05, 3.63) is 28.8 Å². The molecule has 1 aromatic rings. The van der Waals surface area contributed by atoms with E-state index in [0.29, 0.717) is 17.8 Å². The molecule has 4 heteroatoms. The molecule has 4 nitrogen and oxygen atoms in total. The largest absolute Gasteiger partial charge is 0.469 e. The van der Waals surface area contributed by atoms with E-state index in [1.54, 1.807) is 0 Å². The number of hydrogen-bond acceptors (Lipinski definition) is 4. The first-order valence-electron chi connectivity index (χ1n) is 10.3. The highest BCUT2D eigenvalue weighted by atomic mass is 16.5. The molecule has 5 atom stereocenters. The van der Waals surface area contributed by atoms with E-state index in [4.69, 9.17) is 9.47 Å². The molecule has 2 saturated carbocycles. The lowest BCUT2D eigenvalue weighted by molar-refractivity contribution is -0.151. The zero-order chi connectivity index (χ0) is 19.3. The number of ether oxygens (including phenoxy) is 2. The van der Waals surface area contributed by atoms with Crippen molar-refractivity contribution in [2.24, 2.45) is 23.2 Å². The van der Waals surface area contributed by atoms with E-state index in [-0.39, 0.29) is 23.3 Å². The van der Waals surface area contributed by atoms with Gasteiger partial charge in [-0.1, -0.05) is 13.0 Å². The van der Waals surface area contributed by atoms with Crippen LogP contribution < -0.4 is 4.74 Å². The van der Waals surface area contributed by atoms with Crippen LogP contribution in [0.2, 0.25) is 0 Å². The maximum Gasteiger partial charge on any atom is 0.309 e. The number of methoxy groups -OCH3 is 1. The lowest BCUT2D eigenvalue weighted by Crippen LogP contribution is -2.44. The zero-order valence-corrected chi connectivity index (χ0v) is 16.8. The molecule has 27 heavy (non-hydrogen) atoms. The normalized spacial score (nSPS) is 34.2. The van der Waals surface area contributed by atoms with Crippen LogP contribution in [0.25, 0.3) is 0 Å². The smallest absolute Gasteiger partial charge is 0.309 e. The maximum absolute atomic E-state index is 12.4. The van der Waals surface area contributed by atoms with Gasteiger partial charge in [0.2, 0.25) is 0 Å². The van der Waals surface area contributed by atoms with Gasteiger partial charge in [0, 0.05) is 12.5 Å². The van der Waals surface area contributed by atoms with Crippen molar-refractivity contribution in [3.63, 3.8) is 0 Å². The Bertz CT molecular complexity index is 783. The Morgan fingerprint density at radius 1 is 1.15 bits per heavy atom. The minimum Gasteiger partial charge on any atom is -0.469 e. The third kappa shape index (κ3) is 2.79. The van der Waals surface area contributed by atoms with Gasteiger partial charge in [0.25, 0.3) is 0 Å². The average Bonchev–Trinajstić information content (AvgIpc) is 3.00. The van der Waals surface area contributed by atoms with Gasteiger partial charge in [-0.3, -0.25) is 9.59 Å². The second-order valence-corrected chi connectivity index (χ2v) is 8.98. The number of benzene rings is 1. The van der Waals surface area contributed by atoms with Gasteiger partial charge < -0.3 is 9.47 Å². The minimum absolute atomic E-state index is 0.0281. The first kappa shape index (κ1) is 18.5. The van der Waals surface area contributed by atoms with E-state index in [1.807, 2.05) is 6.07 Å². The molecule has 0 radical (unpaired) electrons. The Hall–Kier alpha value is -1.84. The van der Waals surface area contributed by atoms with Crippen molar-refractivity contribution >= 4 is 11.9 Å². The fourth-order valence-corrected chi connectivity index (χ4v) is 6.62. The molecule has 3 aliphatic rings. The molecule has 0 aliphatic heterocycles. The average molecular weight is 370 g/mol. The van der Waals surface area contributed by atoms with Crippen molar-refractivity contribution in [3.8, 4) is 5.75 Å². The summed E-state index contributed by atoms with van der Waals surface area (Å²) < 4.78 is 10.7. The number of carbonyl (C=O) groups is 2. The van der Waals surface area contributed by atoms with Gasteiger partial charge in [-0.05, 0) is 85.8 Å². The van der Waals surface area contributed by atoms with Crippen molar-refractivity contribution in [2.75, 3.05) is 7.11 Å². The summed E-state index contributed by atoms with van der Waals surface area (Å²) in [6.45, 7) is 5.94. The highest BCUT2D eigenvalue weighted by Crippen LogP contribution is 2.64. The van der Waals surface area contributed by atoms with Crippen LogP contribution >= 0.6 is 0 Å². The molecule has 0 saturated heterocycles. The van der Waals surface area contributed by atoms with Crippen molar-refractivity contribution in [1.82, 2.24) is 0 Å². The Morgan fingerprint density at radius 2 is 1.93 bits per heavy atom. The summed E-state index contributed by atoms with van der Waals surface area (Å²) >= 11 is 0. The molecule has 0 heterocycles. The highest BCUT2D eigenvalue weighted by molar-refractivity contribution is 5.74. The molecule has 0 amide bonds. The standard InChI is InChI=1S/C23H30O4/c1-13-5-10-20(27-14(2)24)21-15(13)6-7-16-17(21)11-12-23(3)18(16)8-9-19(23)22(25)26-4/h5,10,16-19H,6-9,11-12H2,1-4H3/t16-,17+,18+,19-,23+/m1/s1. The van der Waals surface area contributed by atoms with E-state index in [2.05, 4.69) is 19.9 Å². The molecule has 1 aromatic carbocycles. The first-order valence-corrected chi connectivity index (χ1v) is 10.3. The maximum atomic E-state index is 12.4. The molecule has 3 aliphatic carbocycles. The quantitative estimate of drug-likeness (QED) is 0.565. The van der Waals surface area contributed by atoms with E-state index in [1.165, 1.54) is 30.7 Å². The number of aryl methyl sites for hydroxylation is 1. The van der Waals surface area contributed by atoms with Crippen LogP contribution in [0.1, 0.15) is 68.6 Å². The number of carbonyl (C=O) groups excluding carboxylic acids is 2. The molecule has 0 unspecified atom stereocenters. The summed E-state index contributed by atoms with van der Waals surface area (Å²) in [5.74, 6) is 2.02. The van der Waals surface area contributed by atoms with E-state index in [9.17, 15) is 9.59 Å². The van der Waals surface area contributed by atoms with Gasteiger partial charge in [-0.25, -0.2) is 0 Å². The van der Waals surface area contributed by atoms with E-state index in [0.717, 1.165) is 44.3 Å². The van der Waals surface area contributed by atoms with Crippen LogP contribution in [0.15, 0.2) is 12.1 Å². The predicted molar refractivity (Wildman–Crippen MR) is 103 cm³/mol. The second-order valence-electron chi connectivity index (χ2n) is 8.98. The molecular formula is C23H30O4. The van der Waals surface area contributed by atoms with E-state index >= 15 is 0 Å². The van der Waals surface area contributed by atoms with Gasteiger partial charge >= 0.3 is 11.9 Å². The molecule has 0 aromatic heterocycles. The number of hydrogen-bond donors (Lipinski definition) is 0. The molecule has 4 rings (SSSR count). The van der Waals surface area contributed by atoms with Gasteiger partial charge in [0.05, 0.1) is 13.0 Å². The number of esters is 2. The van der Waals surface area contributed by atoms with Crippen molar-refractivity contribution in [1.29, 1.82) is 0 Å². The molecule has 146 valence electrons. The summed E-state index contributed by atoms with van der Waals surface area (Å²) in [6.07, 6.45) is 6.32. The summed E-state index contributed by atoms with van der Waals surface area (Å²) in [6, 6.07) is 4.05. The fraction of sp³-hybridized carbons (Fsp3) is 0.652. The number of rotatable bonds is 2. The van der Waals surface area contributed by atoms with Crippen LogP contribution in [0.4, 0.5) is 0 Å². The summed E-state index contributed by atoms with van der Waals surface area (Å²) in [4.78, 5) is 24.0. The summed E-state index contributed by atoms with van der Waals surface area (Å²) in [5.41, 5.74) is 3.98. The fourth-order valence-electron chi connectivity index (χ4n) is 6.62. The van der Waals surface area contributed by atoms with Crippen LogP contribution in [0.5, 0.6) is 5.75 Å². The van der Waals surface area contributed by atoms with Gasteiger partial charge in [0.15, 0.2) is 0 Å². The first-order chi connectivity index (χ1) is 12.9. The Kier molecular flexibility index (Phi) is 4.56. The topological polar surface area (TPSA) is 52.6 Å². The van der Waals surface area contributed by atoms with Crippen LogP contribution in [0.3, 0.4) is 0 Å². The Morgan fingerprint density at radius 3 is 2.63 bits per heavy atom. The van der Waals surface area contributed by atoms with Gasteiger partial charge in [-0.2, -0.15) is 0 Å². The summed E-state index contributed by atoms with van der Waals surface area (Å²) in [5, 5.41) is 0. The van der Waals surface area contributed by atoms with Crippen molar-refractivity contribution in [2.45, 2.75) is 65.2 Å².